The van der Waals surface area contributed by atoms with Crippen LogP contribution in [0.5, 0.6) is 5.75 Å². The fourth-order valence-corrected chi connectivity index (χ4v) is 2.39. The summed E-state index contributed by atoms with van der Waals surface area (Å²) in [5.41, 5.74) is -0.817. The Morgan fingerprint density at radius 2 is 2.20 bits per heavy atom. The molecule has 0 saturated carbocycles. The molecule has 108 valence electrons. The molecule has 2 rings (SSSR count). The summed E-state index contributed by atoms with van der Waals surface area (Å²) < 4.78 is 19.5. The molecule has 0 fully saturated rings. The molecular formula is C11H9BrCl2FN3O2. The van der Waals surface area contributed by atoms with E-state index in [0.29, 0.717) is 6.54 Å². The highest BCUT2D eigenvalue weighted by molar-refractivity contribution is 9.10. The summed E-state index contributed by atoms with van der Waals surface area (Å²) in [7, 11) is 1.75. The van der Waals surface area contributed by atoms with Gasteiger partial charge in [0.15, 0.2) is 11.6 Å². The fourth-order valence-electron chi connectivity index (χ4n) is 1.62. The number of aromatic amines is 1. The van der Waals surface area contributed by atoms with Crippen molar-refractivity contribution in [3.8, 4) is 5.75 Å². The standard InChI is InChI=1S/C11H9BrCl2FN3O2/c1-16-2-3-20-9-4-8(7(15)5(12)6(9)13)17-11(14)18-10(4)19/h16H,2-3H2,1H3,(H,17,18,19). The van der Waals surface area contributed by atoms with Crippen LogP contribution in [0.1, 0.15) is 0 Å². The van der Waals surface area contributed by atoms with Gasteiger partial charge in [0.2, 0.25) is 5.28 Å². The van der Waals surface area contributed by atoms with Crippen LogP contribution in [0.15, 0.2) is 9.27 Å². The van der Waals surface area contributed by atoms with Gasteiger partial charge in [0.05, 0.1) is 4.47 Å². The molecule has 0 amide bonds. The summed E-state index contributed by atoms with van der Waals surface area (Å²) in [4.78, 5) is 18.0. The number of hydrogen-bond acceptors (Lipinski definition) is 4. The van der Waals surface area contributed by atoms with Gasteiger partial charge < -0.3 is 10.1 Å². The maximum atomic E-state index is 14.1. The number of rotatable bonds is 4. The number of benzene rings is 1. The molecule has 0 atom stereocenters. The Hall–Kier alpha value is -0.890. The van der Waals surface area contributed by atoms with Gasteiger partial charge in [0.1, 0.15) is 22.5 Å². The minimum atomic E-state index is -0.765. The van der Waals surface area contributed by atoms with Crippen molar-refractivity contribution in [3.05, 3.63) is 30.9 Å². The first-order valence-electron chi connectivity index (χ1n) is 5.50. The van der Waals surface area contributed by atoms with Crippen molar-refractivity contribution < 1.29 is 9.13 Å². The van der Waals surface area contributed by atoms with Crippen LogP contribution in [0.4, 0.5) is 4.39 Å². The maximum absolute atomic E-state index is 14.1. The Morgan fingerprint density at radius 1 is 1.50 bits per heavy atom. The third-order valence-electron chi connectivity index (χ3n) is 2.51. The zero-order valence-electron chi connectivity index (χ0n) is 10.2. The van der Waals surface area contributed by atoms with Crippen molar-refractivity contribution in [2.75, 3.05) is 20.2 Å². The van der Waals surface area contributed by atoms with Crippen LogP contribution < -0.4 is 15.6 Å². The summed E-state index contributed by atoms with van der Waals surface area (Å²) in [5.74, 6) is -0.699. The topological polar surface area (TPSA) is 67.0 Å². The molecule has 0 radical (unpaired) electrons. The summed E-state index contributed by atoms with van der Waals surface area (Å²) >= 11 is 14.7. The van der Waals surface area contributed by atoms with E-state index in [4.69, 9.17) is 27.9 Å². The Labute approximate surface area is 131 Å². The number of likely N-dealkylation sites (N-methyl/N-ethyl adjacent to an activating group) is 1. The number of ether oxygens (including phenoxy) is 1. The molecule has 0 spiro atoms. The second-order valence-electron chi connectivity index (χ2n) is 3.80. The van der Waals surface area contributed by atoms with Crippen LogP contribution in [-0.4, -0.2) is 30.2 Å². The predicted molar refractivity (Wildman–Crippen MR) is 79.5 cm³/mol. The summed E-state index contributed by atoms with van der Waals surface area (Å²) in [6, 6.07) is 0. The number of nitrogens with zero attached hydrogens (tertiary/aromatic N) is 1. The van der Waals surface area contributed by atoms with E-state index < -0.39 is 11.4 Å². The monoisotopic (exact) mass is 383 g/mol. The third kappa shape index (κ3) is 2.76. The SMILES string of the molecule is CNCCOc1c(Cl)c(Br)c(F)c2nc(Cl)[nH]c(=O)c12. The van der Waals surface area contributed by atoms with E-state index in [0.717, 1.165) is 0 Å². The van der Waals surface area contributed by atoms with E-state index in [2.05, 4.69) is 31.2 Å². The zero-order chi connectivity index (χ0) is 14.9. The zero-order valence-corrected chi connectivity index (χ0v) is 13.3. The van der Waals surface area contributed by atoms with E-state index in [1.165, 1.54) is 0 Å². The Kier molecular flexibility index (Phi) is 4.85. The van der Waals surface area contributed by atoms with Gasteiger partial charge in [-0.1, -0.05) is 11.6 Å². The van der Waals surface area contributed by atoms with Crippen molar-refractivity contribution in [3.63, 3.8) is 0 Å². The summed E-state index contributed by atoms with van der Waals surface area (Å²) in [6.45, 7) is 0.789. The molecule has 1 aromatic carbocycles. The van der Waals surface area contributed by atoms with Gasteiger partial charge in [-0.3, -0.25) is 9.78 Å². The molecular weight excluding hydrogens is 376 g/mol. The Bertz CT molecular complexity index is 723. The Morgan fingerprint density at radius 3 is 2.85 bits per heavy atom. The fraction of sp³-hybridized carbons (Fsp3) is 0.273. The molecule has 9 heteroatoms. The highest BCUT2D eigenvalue weighted by atomic mass is 79.9. The van der Waals surface area contributed by atoms with Gasteiger partial charge >= 0.3 is 0 Å². The average Bonchev–Trinajstić information content (AvgIpc) is 2.40. The van der Waals surface area contributed by atoms with E-state index in [1.807, 2.05) is 0 Å². The van der Waals surface area contributed by atoms with E-state index in [9.17, 15) is 9.18 Å². The van der Waals surface area contributed by atoms with E-state index >= 15 is 0 Å². The van der Waals surface area contributed by atoms with Crippen molar-refractivity contribution in [2.24, 2.45) is 0 Å². The normalized spacial score (nSPS) is 11.1. The molecule has 2 N–H and O–H groups in total. The average molecular weight is 385 g/mol. The van der Waals surface area contributed by atoms with Gasteiger partial charge in [-0.05, 0) is 34.6 Å². The van der Waals surface area contributed by atoms with Crippen LogP contribution in [-0.2, 0) is 0 Å². The van der Waals surface area contributed by atoms with Crippen LogP contribution in [0.2, 0.25) is 10.3 Å². The largest absolute Gasteiger partial charge is 0.490 e. The number of hydrogen-bond donors (Lipinski definition) is 2. The second-order valence-corrected chi connectivity index (χ2v) is 5.33. The number of halogens is 4. The van der Waals surface area contributed by atoms with Crippen molar-refractivity contribution in [1.82, 2.24) is 15.3 Å². The minimum Gasteiger partial charge on any atom is -0.490 e. The first-order chi connectivity index (χ1) is 9.47. The number of H-pyrrole nitrogens is 1. The molecule has 0 aliphatic carbocycles. The maximum Gasteiger partial charge on any atom is 0.263 e. The van der Waals surface area contributed by atoms with Gasteiger partial charge in [0.25, 0.3) is 5.56 Å². The molecule has 0 saturated heterocycles. The second kappa shape index (κ2) is 6.26. The molecule has 1 aromatic heterocycles. The van der Waals surface area contributed by atoms with Gasteiger partial charge in [-0.25, -0.2) is 9.37 Å². The summed E-state index contributed by atoms with van der Waals surface area (Å²) in [6.07, 6.45) is 0. The first kappa shape index (κ1) is 15.5. The third-order valence-corrected chi connectivity index (χ3v) is 4.02. The number of fused-ring (bicyclic) bond motifs is 1. The molecule has 2 aromatic rings. The minimum absolute atomic E-state index is 0.0271. The van der Waals surface area contributed by atoms with Crippen molar-refractivity contribution in [2.45, 2.75) is 0 Å². The highest BCUT2D eigenvalue weighted by Crippen LogP contribution is 2.39. The van der Waals surface area contributed by atoms with Gasteiger partial charge in [0, 0.05) is 6.54 Å². The van der Waals surface area contributed by atoms with Gasteiger partial charge in [-0.15, -0.1) is 0 Å². The lowest BCUT2D eigenvalue weighted by molar-refractivity contribution is 0.321. The first-order valence-corrected chi connectivity index (χ1v) is 7.05. The number of aromatic nitrogens is 2. The van der Waals surface area contributed by atoms with Crippen LogP contribution in [0, 0.1) is 5.82 Å². The molecule has 0 bridgehead atoms. The van der Waals surface area contributed by atoms with Crippen LogP contribution >= 0.6 is 39.1 Å². The molecule has 0 aliphatic rings. The molecule has 0 unspecified atom stereocenters. The lowest BCUT2D eigenvalue weighted by Gasteiger charge is -2.12. The van der Waals surface area contributed by atoms with Crippen LogP contribution in [0.25, 0.3) is 10.9 Å². The lowest BCUT2D eigenvalue weighted by atomic mass is 10.2. The van der Waals surface area contributed by atoms with Crippen molar-refractivity contribution >= 4 is 50.0 Å². The Balaban J connectivity index is 2.74. The molecule has 0 aliphatic heterocycles. The van der Waals surface area contributed by atoms with Crippen LogP contribution in [0.3, 0.4) is 0 Å². The summed E-state index contributed by atoms with van der Waals surface area (Å²) in [5, 5.41) is 2.57. The highest BCUT2D eigenvalue weighted by Gasteiger charge is 2.22. The van der Waals surface area contributed by atoms with Crippen molar-refractivity contribution in [1.29, 1.82) is 0 Å². The smallest absolute Gasteiger partial charge is 0.263 e. The van der Waals surface area contributed by atoms with Gasteiger partial charge in [-0.2, -0.15) is 0 Å². The lowest BCUT2D eigenvalue weighted by Crippen LogP contribution is -2.18. The quantitative estimate of drug-likeness (QED) is 0.483. The van der Waals surface area contributed by atoms with E-state index in [1.54, 1.807) is 7.05 Å². The van der Waals surface area contributed by atoms with E-state index in [-0.39, 0.29) is 38.0 Å². The predicted octanol–water partition coefficient (Wildman–Crippen LogP) is 2.73. The molecule has 5 nitrogen and oxygen atoms in total. The molecule has 20 heavy (non-hydrogen) atoms. The molecule has 1 heterocycles. The number of nitrogens with one attached hydrogen (secondary N) is 2.